The summed E-state index contributed by atoms with van der Waals surface area (Å²) in [5, 5.41) is 2.77. The second kappa shape index (κ2) is 6.76. The number of aryl methyl sites for hydroxylation is 1. The van der Waals surface area contributed by atoms with Gasteiger partial charge in [0.1, 0.15) is 18.6 Å². The Balaban J connectivity index is 1.83. The summed E-state index contributed by atoms with van der Waals surface area (Å²) >= 11 is 0. The minimum atomic E-state index is -0.693. The summed E-state index contributed by atoms with van der Waals surface area (Å²) in [6.45, 7) is 3.43. The first-order chi connectivity index (χ1) is 12.0. The lowest BCUT2D eigenvalue weighted by atomic mass is 10.1. The van der Waals surface area contributed by atoms with Crippen molar-refractivity contribution >= 4 is 29.5 Å². The van der Waals surface area contributed by atoms with E-state index in [1.165, 1.54) is 4.90 Å². The third-order valence-corrected chi connectivity index (χ3v) is 3.96. The first-order valence-corrected chi connectivity index (χ1v) is 7.91. The number of ether oxygens (including phenoxy) is 1. The summed E-state index contributed by atoms with van der Waals surface area (Å²) in [6, 6.07) is 12.2. The zero-order chi connectivity index (χ0) is 18.0. The first kappa shape index (κ1) is 16.7. The van der Waals surface area contributed by atoms with Gasteiger partial charge in [-0.1, -0.05) is 17.7 Å². The Kier molecular flexibility index (Phi) is 4.52. The standard InChI is InChI=1S/C19H18N2O4/c1-12-3-6-15(7-4-12)20-18(23)10-21-16-9-14(11-22)5-8-17(16)25-13(2)19(21)24/h3-9,11,13H,10H2,1-2H3,(H,20,23). The van der Waals surface area contributed by atoms with Crippen LogP contribution in [-0.4, -0.2) is 30.7 Å². The number of hydrogen-bond donors (Lipinski definition) is 1. The van der Waals surface area contributed by atoms with Crippen LogP contribution in [0, 0.1) is 6.92 Å². The monoisotopic (exact) mass is 338 g/mol. The maximum atomic E-state index is 12.5. The smallest absolute Gasteiger partial charge is 0.268 e. The molecule has 0 saturated carbocycles. The third-order valence-electron chi connectivity index (χ3n) is 3.96. The SMILES string of the molecule is Cc1ccc(NC(=O)CN2C(=O)C(C)Oc3ccc(C=O)cc32)cc1. The van der Waals surface area contributed by atoms with Crippen molar-refractivity contribution in [3.8, 4) is 5.75 Å². The topological polar surface area (TPSA) is 75.7 Å². The summed E-state index contributed by atoms with van der Waals surface area (Å²) in [5.41, 5.74) is 2.58. The molecule has 1 unspecified atom stereocenters. The van der Waals surface area contributed by atoms with Gasteiger partial charge in [-0.25, -0.2) is 0 Å². The van der Waals surface area contributed by atoms with E-state index in [-0.39, 0.29) is 18.4 Å². The molecule has 1 aliphatic heterocycles. The molecule has 2 aromatic carbocycles. The largest absolute Gasteiger partial charge is 0.479 e. The molecule has 0 fully saturated rings. The number of benzene rings is 2. The molecule has 25 heavy (non-hydrogen) atoms. The molecule has 1 N–H and O–H groups in total. The molecule has 1 heterocycles. The lowest BCUT2D eigenvalue weighted by Crippen LogP contribution is -2.47. The molecule has 0 bridgehead atoms. The molecule has 2 amide bonds. The number of fused-ring (bicyclic) bond motifs is 1. The van der Waals surface area contributed by atoms with E-state index in [0.29, 0.717) is 29.0 Å². The van der Waals surface area contributed by atoms with Gasteiger partial charge >= 0.3 is 0 Å². The normalized spacial score (nSPS) is 16.0. The molecular formula is C19H18N2O4. The first-order valence-electron chi connectivity index (χ1n) is 7.91. The van der Waals surface area contributed by atoms with Gasteiger partial charge < -0.3 is 10.1 Å². The van der Waals surface area contributed by atoms with Gasteiger partial charge in [0.15, 0.2) is 6.10 Å². The molecule has 0 spiro atoms. The second-order valence-corrected chi connectivity index (χ2v) is 5.94. The molecular weight excluding hydrogens is 320 g/mol. The Labute approximate surface area is 145 Å². The number of anilines is 2. The molecule has 0 saturated heterocycles. The van der Waals surface area contributed by atoms with Gasteiger partial charge in [-0.3, -0.25) is 19.3 Å². The molecule has 6 nitrogen and oxygen atoms in total. The number of nitrogens with one attached hydrogen (secondary N) is 1. The second-order valence-electron chi connectivity index (χ2n) is 5.94. The van der Waals surface area contributed by atoms with Crippen molar-refractivity contribution in [3.05, 3.63) is 53.6 Å². The van der Waals surface area contributed by atoms with Crippen molar-refractivity contribution in [2.24, 2.45) is 0 Å². The number of amides is 2. The van der Waals surface area contributed by atoms with Crippen LogP contribution in [0.4, 0.5) is 11.4 Å². The minimum Gasteiger partial charge on any atom is -0.479 e. The van der Waals surface area contributed by atoms with Crippen molar-refractivity contribution in [3.63, 3.8) is 0 Å². The highest BCUT2D eigenvalue weighted by Gasteiger charge is 2.32. The van der Waals surface area contributed by atoms with Crippen LogP contribution in [0.25, 0.3) is 0 Å². The van der Waals surface area contributed by atoms with Crippen LogP contribution in [0.3, 0.4) is 0 Å². The lowest BCUT2D eigenvalue weighted by molar-refractivity contribution is -0.127. The summed E-state index contributed by atoms with van der Waals surface area (Å²) in [6.07, 6.45) is -0.00498. The van der Waals surface area contributed by atoms with E-state index < -0.39 is 6.10 Å². The van der Waals surface area contributed by atoms with Crippen molar-refractivity contribution in [1.82, 2.24) is 0 Å². The van der Waals surface area contributed by atoms with Gasteiger partial charge in [-0.2, -0.15) is 0 Å². The Morgan fingerprint density at radius 2 is 1.96 bits per heavy atom. The number of aldehydes is 1. The van der Waals surface area contributed by atoms with E-state index >= 15 is 0 Å². The molecule has 0 aliphatic carbocycles. The molecule has 2 aromatic rings. The van der Waals surface area contributed by atoms with Crippen LogP contribution >= 0.6 is 0 Å². The fourth-order valence-electron chi connectivity index (χ4n) is 2.64. The molecule has 128 valence electrons. The highest BCUT2D eigenvalue weighted by Crippen LogP contribution is 2.34. The van der Waals surface area contributed by atoms with Crippen LogP contribution in [0.2, 0.25) is 0 Å². The van der Waals surface area contributed by atoms with Crippen LogP contribution in [-0.2, 0) is 9.59 Å². The van der Waals surface area contributed by atoms with E-state index in [2.05, 4.69) is 5.32 Å². The average Bonchev–Trinajstić information content (AvgIpc) is 2.60. The van der Waals surface area contributed by atoms with Crippen LogP contribution < -0.4 is 15.0 Å². The van der Waals surface area contributed by atoms with E-state index in [1.807, 2.05) is 19.1 Å². The molecule has 0 radical (unpaired) electrons. The van der Waals surface area contributed by atoms with Crippen LogP contribution in [0.5, 0.6) is 5.75 Å². The molecule has 1 atom stereocenters. The Hall–Kier alpha value is -3.15. The summed E-state index contributed by atoms with van der Waals surface area (Å²) in [7, 11) is 0. The van der Waals surface area contributed by atoms with Crippen molar-refractivity contribution < 1.29 is 19.1 Å². The Bertz CT molecular complexity index is 830. The number of carbonyl (C=O) groups excluding carboxylic acids is 3. The highest BCUT2D eigenvalue weighted by atomic mass is 16.5. The zero-order valence-electron chi connectivity index (χ0n) is 14.0. The Morgan fingerprint density at radius 3 is 2.64 bits per heavy atom. The number of nitrogens with zero attached hydrogens (tertiary/aromatic N) is 1. The fraction of sp³-hybridized carbons (Fsp3) is 0.211. The zero-order valence-corrected chi connectivity index (χ0v) is 14.0. The summed E-state index contributed by atoms with van der Waals surface area (Å²) in [5.74, 6) is -0.177. The minimum absolute atomic E-state index is 0.157. The van der Waals surface area contributed by atoms with E-state index in [0.717, 1.165) is 5.56 Å². The van der Waals surface area contributed by atoms with Gasteiger partial charge in [0, 0.05) is 11.3 Å². The fourth-order valence-corrected chi connectivity index (χ4v) is 2.64. The van der Waals surface area contributed by atoms with Gasteiger partial charge in [0.05, 0.1) is 5.69 Å². The maximum Gasteiger partial charge on any atom is 0.268 e. The van der Waals surface area contributed by atoms with Crippen LogP contribution in [0.1, 0.15) is 22.8 Å². The molecule has 3 rings (SSSR count). The van der Waals surface area contributed by atoms with Gasteiger partial charge in [0.25, 0.3) is 5.91 Å². The van der Waals surface area contributed by atoms with Crippen molar-refractivity contribution in [1.29, 1.82) is 0 Å². The predicted octanol–water partition coefficient (Wildman–Crippen LogP) is 2.56. The van der Waals surface area contributed by atoms with Gasteiger partial charge in [-0.05, 0) is 44.2 Å². The quantitative estimate of drug-likeness (QED) is 0.870. The molecule has 6 heteroatoms. The average molecular weight is 338 g/mol. The predicted molar refractivity (Wildman–Crippen MR) is 94.1 cm³/mol. The molecule has 1 aliphatic rings. The summed E-state index contributed by atoms with van der Waals surface area (Å²) in [4.78, 5) is 37.2. The van der Waals surface area contributed by atoms with Gasteiger partial charge in [0.2, 0.25) is 5.91 Å². The molecule has 0 aromatic heterocycles. The number of rotatable bonds is 4. The van der Waals surface area contributed by atoms with E-state index in [1.54, 1.807) is 37.3 Å². The summed E-state index contributed by atoms with van der Waals surface area (Å²) < 4.78 is 5.55. The van der Waals surface area contributed by atoms with Gasteiger partial charge in [-0.15, -0.1) is 0 Å². The van der Waals surface area contributed by atoms with Crippen molar-refractivity contribution in [2.75, 3.05) is 16.8 Å². The number of hydrogen-bond acceptors (Lipinski definition) is 4. The third kappa shape index (κ3) is 3.52. The van der Waals surface area contributed by atoms with E-state index in [9.17, 15) is 14.4 Å². The lowest BCUT2D eigenvalue weighted by Gasteiger charge is -2.32. The maximum absolute atomic E-state index is 12.5. The Morgan fingerprint density at radius 1 is 1.24 bits per heavy atom. The number of carbonyl (C=O) groups is 3. The van der Waals surface area contributed by atoms with E-state index in [4.69, 9.17) is 4.74 Å². The van der Waals surface area contributed by atoms with Crippen molar-refractivity contribution in [2.45, 2.75) is 20.0 Å². The highest BCUT2D eigenvalue weighted by molar-refractivity contribution is 6.06. The van der Waals surface area contributed by atoms with Crippen LogP contribution in [0.15, 0.2) is 42.5 Å².